The fourth-order valence-corrected chi connectivity index (χ4v) is 5.31. The number of ether oxygens (including phenoxy) is 1. The first kappa shape index (κ1) is 19.0. The number of fused-ring (bicyclic) bond motifs is 1. The highest BCUT2D eigenvalue weighted by Crippen LogP contribution is 2.43. The van der Waals surface area contributed by atoms with Gasteiger partial charge >= 0.3 is 0 Å². The Hall–Kier alpha value is -1.95. The highest BCUT2D eigenvalue weighted by molar-refractivity contribution is 5.42. The molecule has 0 amide bonds. The van der Waals surface area contributed by atoms with Crippen molar-refractivity contribution < 1.29 is 4.74 Å². The van der Waals surface area contributed by atoms with Crippen molar-refractivity contribution in [3.63, 3.8) is 0 Å². The SMILES string of the molecule is c1ccc(CCC23CNCC2CN(c2ccc(CN4CCOCC4)cn2)C3)cc1. The maximum absolute atomic E-state index is 5.45. The summed E-state index contributed by atoms with van der Waals surface area (Å²) in [7, 11) is 0. The lowest BCUT2D eigenvalue weighted by molar-refractivity contribution is 0.0341. The molecule has 1 aromatic carbocycles. The molecule has 0 bridgehead atoms. The smallest absolute Gasteiger partial charge is 0.128 e. The van der Waals surface area contributed by atoms with E-state index in [1.807, 2.05) is 0 Å². The molecule has 2 unspecified atom stereocenters. The molecule has 154 valence electrons. The zero-order chi connectivity index (χ0) is 19.5. The largest absolute Gasteiger partial charge is 0.379 e. The highest BCUT2D eigenvalue weighted by atomic mass is 16.5. The topological polar surface area (TPSA) is 40.6 Å². The number of aromatic nitrogens is 1. The number of hydrogen-bond donors (Lipinski definition) is 1. The molecule has 1 N–H and O–H groups in total. The Morgan fingerprint density at radius 3 is 2.72 bits per heavy atom. The van der Waals surface area contributed by atoms with E-state index in [1.165, 1.54) is 24.0 Å². The van der Waals surface area contributed by atoms with Gasteiger partial charge in [0, 0.05) is 57.4 Å². The molecule has 2 atom stereocenters. The molecule has 3 saturated heterocycles. The van der Waals surface area contributed by atoms with Crippen molar-refractivity contribution in [1.29, 1.82) is 0 Å². The predicted octanol–water partition coefficient (Wildman–Crippen LogP) is 2.57. The Morgan fingerprint density at radius 2 is 1.93 bits per heavy atom. The summed E-state index contributed by atoms with van der Waals surface area (Å²) in [6, 6.07) is 15.4. The van der Waals surface area contributed by atoms with Crippen molar-refractivity contribution in [2.24, 2.45) is 11.3 Å². The third-order valence-electron chi connectivity index (χ3n) is 7.08. The molecule has 4 heterocycles. The fourth-order valence-electron chi connectivity index (χ4n) is 5.31. The molecule has 3 aliphatic rings. The van der Waals surface area contributed by atoms with E-state index in [0.29, 0.717) is 5.41 Å². The van der Waals surface area contributed by atoms with Crippen molar-refractivity contribution in [3.8, 4) is 0 Å². The molecular weight excluding hydrogens is 360 g/mol. The third-order valence-corrected chi connectivity index (χ3v) is 7.08. The fraction of sp³-hybridized carbons (Fsp3) is 0.542. The van der Waals surface area contributed by atoms with Gasteiger partial charge in [-0.2, -0.15) is 0 Å². The van der Waals surface area contributed by atoms with E-state index in [0.717, 1.165) is 70.8 Å². The molecule has 1 aromatic heterocycles. The Morgan fingerprint density at radius 1 is 1.07 bits per heavy atom. The molecule has 2 aromatic rings. The molecule has 3 fully saturated rings. The Bertz CT molecular complexity index is 790. The predicted molar refractivity (Wildman–Crippen MR) is 116 cm³/mol. The molecule has 0 aliphatic carbocycles. The Balaban J connectivity index is 1.23. The van der Waals surface area contributed by atoms with Crippen LogP contribution >= 0.6 is 0 Å². The van der Waals surface area contributed by atoms with E-state index in [9.17, 15) is 0 Å². The van der Waals surface area contributed by atoms with Crippen LogP contribution in [-0.2, 0) is 17.7 Å². The first-order chi connectivity index (χ1) is 14.3. The van der Waals surface area contributed by atoms with Crippen molar-refractivity contribution in [2.75, 3.05) is 57.4 Å². The van der Waals surface area contributed by atoms with Gasteiger partial charge in [-0.1, -0.05) is 36.4 Å². The second-order valence-electron chi connectivity index (χ2n) is 8.97. The summed E-state index contributed by atoms with van der Waals surface area (Å²) in [5.41, 5.74) is 3.14. The number of anilines is 1. The Labute approximate surface area is 174 Å². The summed E-state index contributed by atoms with van der Waals surface area (Å²) in [6.45, 7) is 9.23. The first-order valence-corrected chi connectivity index (χ1v) is 11.1. The highest BCUT2D eigenvalue weighted by Gasteiger charge is 2.49. The number of nitrogens with zero attached hydrogens (tertiary/aromatic N) is 3. The molecule has 0 saturated carbocycles. The lowest BCUT2D eigenvalue weighted by atomic mass is 9.76. The second kappa shape index (κ2) is 8.42. The maximum atomic E-state index is 5.45. The van der Waals surface area contributed by atoms with Gasteiger partial charge in [-0.3, -0.25) is 4.90 Å². The van der Waals surface area contributed by atoms with Gasteiger partial charge in [0.25, 0.3) is 0 Å². The molecule has 0 spiro atoms. The number of pyridine rings is 1. The summed E-state index contributed by atoms with van der Waals surface area (Å²) in [6.07, 6.45) is 4.49. The van der Waals surface area contributed by atoms with E-state index < -0.39 is 0 Å². The minimum absolute atomic E-state index is 0.379. The van der Waals surface area contributed by atoms with E-state index >= 15 is 0 Å². The summed E-state index contributed by atoms with van der Waals surface area (Å²) < 4.78 is 5.45. The van der Waals surface area contributed by atoms with E-state index in [4.69, 9.17) is 9.72 Å². The van der Waals surface area contributed by atoms with Gasteiger partial charge in [0.2, 0.25) is 0 Å². The number of benzene rings is 1. The van der Waals surface area contributed by atoms with Crippen LogP contribution in [0.4, 0.5) is 5.82 Å². The lowest BCUT2D eigenvalue weighted by Crippen LogP contribution is -2.35. The monoisotopic (exact) mass is 392 g/mol. The van der Waals surface area contributed by atoms with Crippen LogP contribution in [0.2, 0.25) is 0 Å². The minimum Gasteiger partial charge on any atom is -0.379 e. The number of rotatable bonds is 6. The van der Waals surface area contributed by atoms with Gasteiger partial charge in [0.1, 0.15) is 5.82 Å². The molecule has 0 radical (unpaired) electrons. The normalized spacial score (nSPS) is 27.3. The third kappa shape index (κ3) is 4.18. The van der Waals surface area contributed by atoms with Gasteiger partial charge in [0.05, 0.1) is 13.2 Å². The average molecular weight is 393 g/mol. The zero-order valence-electron chi connectivity index (χ0n) is 17.2. The van der Waals surface area contributed by atoms with Gasteiger partial charge in [0.15, 0.2) is 0 Å². The van der Waals surface area contributed by atoms with E-state index in [-0.39, 0.29) is 0 Å². The van der Waals surface area contributed by atoms with Crippen LogP contribution in [0.5, 0.6) is 0 Å². The summed E-state index contributed by atoms with van der Waals surface area (Å²) in [5.74, 6) is 1.87. The molecular formula is C24H32N4O. The number of nitrogens with one attached hydrogen (secondary N) is 1. The summed E-state index contributed by atoms with van der Waals surface area (Å²) in [4.78, 5) is 9.82. The summed E-state index contributed by atoms with van der Waals surface area (Å²) in [5, 5.41) is 3.67. The van der Waals surface area contributed by atoms with E-state index in [1.54, 1.807) is 0 Å². The molecule has 5 heteroatoms. The second-order valence-corrected chi connectivity index (χ2v) is 8.97. The number of aryl methyl sites for hydroxylation is 1. The minimum atomic E-state index is 0.379. The van der Waals surface area contributed by atoms with Crippen LogP contribution < -0.4 is 10.2 Å². The van der Waals surface area contributed by atoms with Crippen LogP contribution in [0.3, 0.4) is 0 Å². The van der Waals surface area contributed by atoms with Crippen molar-refractivity contribution in [3.05, 3.63) is 59.8 Å². The lowest BCUT2D eigenvalue weighted by Gasteiger charge is -2.28. The summed E-state index contributed by atoms with van der Waals surface area (Å²) >= 11 is 0. The van der Waals surface area contributed by atoms with Crippen molar-refractivity contribution >= 4 is 5.82 Å². The number of hydrogen-bond acceptors (Lipinski definition) is 5. The molecule has 3 aliphatic heterocycles. The Kier molecular flexibility index (Phi) is 5.53. The van der Waals surface area contributed by atoms with Crippen molar-refractivity contribution in [1.82, 2.24) is 15.2 Å². The van der Waals surface area contributed by atoms with Gasteiger partial charge in [-0.05, 0) is 36.0 Å². The van der Waals surface area contributed by atoms with Crippen molar-refractivity contribution in [2.45, 2.75) is 19.4 Å². The van der Waals surface area contributed by atoms with E-state index in [2.05, 4.69) is 63.8 Å². The van der Waals surface area contributed by atoms with Gasteiger partial charge in [-0.15, -0.1) is 0 Å². The maximum Gasteiger partial charge on any atom is 0.128 e. The quantitative estimate of drug-likeness (QED) is 0.818. The number of morpholine rings is 1. The average Bonchev–Trinajstić information content (AvgIpc) is 3.32. The molecule has 29 heavy (non-hydrogen) atoms. The van der Waals surface area contributed by atoms with Gasteiger partial charge in [-0.25, -0.2) is 4.98 Å². The first-order valence-electron chi connectivity index (χ1n) is 11.1. The molecule has 5 nitrogen and oxygen atoms in total. The van der Waals surface area contributed by atoms with Crippen LogP contribution in [0.15, 0.2) is 48.7 Å². The zero-order valence-corrected chi connectivity index (χ0v) is 17.2. The molecule has 5 rings (SSSR count). The van der Waals surface area contributed by atoms with Crippen LogP contribution in [0, 0.1) is 11.3 Å². The van der Waals surface area contributed by atoms with Crippen LogP contribution in [0.25, 0.3) is 0 Å². The van der Waals surface area contributed by atoms with Crippen LogP contribution in [-0.4, -0.2) is 62.4 Å². The van der Waals surface area contributed by atoms with Gasteiger partial charge < -0.3 is 15.0 Å². The standard InChI is InChI=1S/C24H32N4O/c1-2-4-20(5-3-1)8-9-24-18-25-15-22(24)17-28(19-24)23-7-6-21(14-26-23)16-27-10-12-29-13-11-27/h1-7,14,22,25H,8-13,15-19H2. The van der Waals surface area contributed by atoms with Crippen LogP contribution in [0.1, 0.15) is 17.5 Å².